The SMILES string of the molecule is Cc1cnc(CN2CCC(n3cccn3)C2)cn1. The smallest absolute Gasteiger partial charge is 0.0727 e. The molecule has 2 aromatic rings. The molecule has 0 saturated carbocycles. The Bertz CT molecular complexity index is 491. The number of aryl methyl sites for hydroxylation is 1. The minimum absolute atomic E-state index is 0.499. The molecule has 18 heavy (non-hydrogen) atoms. The van der Waals surface area contributed by atoms with Crippen molar-refractivity contribution in [3.8, 4) is 0 Å². The largest absolute Gasteiger partial charge is 0.295 e. The fourth-order valence-corrected chi connectivity index (χ4v) is 2.40. The van der Waals surface area contributed by atoms with Gasteiger partial charge >= 0.3 is 0 Å². The Morgan fingerprint density at radius 1 is 1.33 bits per heavy atom. The first-order valence-electron chi connectivity index (χ1n) is 6.30. The Kier molecular flexibility index (Phi) is 3.06. The lowest BCUT2D eigenvalue weighted by Gasteiger charge is -2.15. The van der Waals surface area contributed by atoms with Crippen molar-refractivity contribution in [1.29, 1.82) is 0 Å². The third-order valence-electron chi connectivity index (χ3n) is 3.37. The number of hydrogen-bond donors (Lipinski definition) is 0. The van der Waals surface area contributed by atoms with E-state index in [1.54, 1.807) is 0 Å². The highest BCUT2D eigenvalue weighted by Crippen LogP contribution is 2.21. The van der Waals surface area contributed by atoms with Gasteiger partial charge in [-0.15, -0.1) is 0 Å². The van der Waals surface area contributed by atoms with Crippen LogP contribution in [-0.4, -0.2) is 37.7 Å². The predicted octanol–water partition coefficient (Wildman–Crippen LogP) is 1.43. The Hall–Kier alpha value is -1.75. The van der Waals surface area contributed by atoms with Gasteiger partial charge in [-0.3, -0.25) is 19.5 Å². The van der Waals surface area contributed by atoms with Crippen molar-refractivity contribution < 1.29 is 0 Å². The van der Waals surface area contributed by atoms with Gasteiger partial charge in [0.2, 0.25) is 0 Å². The van der Waals surface area contributed by atoms with Gasteiger partial charge in [0.25, 0.3) is 0 Å². The van der Waals surface area contributed by atoms with Gasteiger partial charge < -0.3 is 0 Å². The highest BCUT2D eigenvalue weighted by Gasteiger charge is 2.24. The lowest BCUT2D eigenvalue weighted by molar-refractivity contribution is 0.307. The molecule has 1 saturated heterocycles. The summed E-state index contributed by atoms with van der Waals surface area (Å²) in [6.07, 6.45) is 8.74. The van der Waals surface area contributed by atoms with E-state index in [-0.39, 0.29) is 0 Å². The van der Waals surface area contributed by atoms with E-state index in [0.29, 0.717) is 6.04 Å². The number of rotatable bonds is 3. The van der Waals surface area contributed by atoms with Gasteiger partial charge in [-0.25, -0.2) is 0 Å². The monoisotopic (exact) mass is 243 g/mol. The van der Waals surface area contributed by atoms with Gasteiger partial charge in [-0.2, -0.15) is 5.10 Å². The molecule has 5 nitrogen and oxygen atoms in total. The molecular weight excluding hydrogens is 226 g/mol. The van der Waals surface area contributed by atoms with Crippen LogP contribution in [0.1, 0.15) is 23.9 Å². The van der Waals surface area contributed by atoms with E-state index in [4.69, 9.17) is 0 Å². The zero-order valence-electron chi connectivity index (χ0n) is 10.5. The summed E-state index contributed by atoms with van der Waals surface area (Å²) in [6.45, 7) is 4.97. The van der Waals surface area contributed by atoms with Crippen LogP contribution in [0.4, 0.5) is 0 Å². The van der Waals surface area contributed by atoms with Crippen LogP contribution in [0.2, 0.25) is 0 Å². The zero-order chi connectivity index (χ0) is 12.4. The molecule has 0 aliphatic carbocycles. The fourth-order valence-electron chi connectivity index (χ4n) is 2.40. The maximum Gasteiger partial charge on any atom is 0.0727 e. The molecule has 1 atom stereocenters. The summed E-state index contributed by atoms with van der Waals surface area (Å²) in [5.74, 6) is 0. The average Bonchev–Trinajstić information content (AvgIpc) is 3.02. The molecule has 5 heteroatoms. The molecule has 0 bridgehead atoms. The maximum absolute atomic E-state index is 4.40. The number of likely N-dealkylation sites (tertiary alicyclic amines) is 1. The molecule has 0 spiro atoms. The minimum Gasteiger partial charge on any atom is -0.295 e. The Morgan fingerprint density at radius 2 is 2.28 bits per heavy atom. The summed E-state index contributed by atoms with van der Waals surface area (Å²) in [6, 6.07) is 2.48. The van der Waals surface area contributed by atoms with Gasteiger partial charge in [-0.1, -0.05) is 0 Å². The van der Waals surface area contributed by atoms with Crippen LogP contribution in [0.15, 0.2) is 30.9 Å². The van der Waals surface area contributed by atoms with Gasteiger partial charge in [0.1, 0.15) is 0 Å². The van der Waals surface area contributed by atoms with E-state index in [1.807, 2.05) is 37.8 Å². The summed E-state index contributed by atoms with van der Waals surface area (Å²) < 4.78 is 2.06. The maximum atomic E-state index is 4.40. The molecular formula is C13H17N5. The van der Waals surface area contributed by atoms with Gasteiger partial charge in [-0.05, 0) is 19.4 Å². The fraction of sp³-hybridized carbons (Fsp3) is 0.462. The molecule has 2 aromatic heterocycles. The highest BCUT2D eigenvalue weighted by molar-refractivity contribution is 5.01. The van der Waals surface area contributed by atoms with Crippen molar-refractivity contribution in [2.24, 2.45) is 0 Å². The second-order valence-corrected chi connectivity index (χ2v) is 4.81. The van der Waals surface area contributed by atoms with Crippen molar-refractivity contribution in [3.05, 3.63) is 42.2 Å². The van der Waals surface area contributed by atoms with E-state index in [9.17, 15) is 0 Å². The molecule has 3 heterocycles. The first-order valence-corrected chi connectivity index (χ1v) is 6.30. The first kappa shape index (κ1) is 11.3. The molecule has 0 aromatic carbocycles. The summed E-state index contributed by atoms with van der Waals surface area (Å²) in [7, 11) is 0. The van der Waals surface area contributed by atoms with Crippen molar-refractivity contribution in [1.82, 2.24) is 24.6 Å². The van der Waals surface area contributed by atoms with E-state index in [1.165, 1.54) is 0 Å². The minimum atomic E-state index is 0.499. The first-order chi connectivity index (χ1) is 8.81. The molecule has 0 amide bonds. The van der Waals surface area contributed by atoms with E-state index in [0.717, 1.165) is 37.4 Å². The third-order valence-corrected chi connectivity index (χ3v) is 3.37. The molecule has 1 fully saturated rings. The number of aromatic nitrogens is 4. The van der Waals surface area contributed by atoms with Crippen molar-refractivity contribution in [2.75, 3.05) is 13.1 Å². The lowest BCUT2D eigenvalue weighted by atomic mass is 10.3. The van der Waals surface area contributed by atoms with Crippen LogP contribution in [0.3, 0.4) is 0 Å². The van der Waals surface area contributed by atoms with Crippen molar-refractivity contribution in [3.63, 3.8) is 0 Å². The molecule has 1 aliphatic heterocycles. The Balaban J connectivity index is 1.61. The second-order valence-electron chi connectivity index (χ2n) is 4.81. The highest BCUT2D eigenvalue weighted by atomic mass is 15.3. The van der Waals surface area contributed by atoms with Crippen LogP contribution in [0.5, 0.6) is 0 Å². The molecule has 94 valence electrons. The van der Waals surface area contributed by atoms with Gasteiger partial charge in [0, 0.05) is 44.4 Å². The van der Waals surface area contributed by atoms with Crippen LogP contribution in [-0.2, 0) is 6.54 Å². The topological polar surface area (TPSA) is 46.8 Å². The lowest BCUT2D eigenvalue weighted by Crippen LogP contribution is -2.22. The van der Waals surface area contributed by atoms with E-state index < -0.39 is 0 Å². The summed E-state index contributed by atoms with van der Waals surface area (Å²) in [5.41, 5.74) is 2.01. The number of nitrogens with zero attached hydrogens (tertiary/aromatic N) is 5. The zero-order valence-corrected chi connectivity index (χ0v) is 10.5. The van der Waals surface area contributed by atoms with Crippen molar-refractivity contribution in [2.45, 2.75) is 25.9 Å². The number of hydrogen-bond acceptors (Lipinski definition) is 4. The molecule has 0 radical (unpaired) electrons. The standard InChI is InChI=1S/C13H17N5/c1-11-7-15-12(8-14-11)9-17-6-3-13(10-17)18-5-2-4-16-18/h2,4-5,7-8,13H,3,6,9-10H2,1H3. The van der Waals surface area contributed by atoms with Gasteiger partial charge in [0.15, 0.2) is 0 Å². The summed E-state index contributed by atoms with van der Waals surface area (Å²) >= 11 is 0. The van der Waals surface area contributed by atoms with Crippen LogP contribution in [0, 0.1) is 6.92 Å². The summed E-state index contributed by atoms with van der Waals surface area (Å²) in [4.78, 5) is 11.1. The van der Waals surface area contributed by atoms with Crippen LogP contribution in [0.25, 0.3) is 0 Å². The van der Waals surface area contributed by atoms with Crippen LogP contribution >= 0.6 is 0 Å². The van der Waals surface area contributed by atoms with Gasteiger partial charge in [0.05, 0.1) is 17.4 Å². The molecule has 3 rings (SSSR count). The van der Waals surface area contributed by atoms with E-state index in [2.05, 4.69) is 24.6 Å². The summed E-state index contributed by atoms with van der Waals surface area (Å²) in [5, 5.41) is 4.31. The third kappa shape index (κ3) is 2.41. The predicted molar refractivity (Wildman–Crippen MR) is 67.9 cm³/mol. The molecule has 1 unspecified atom stereocenters. The quantitative estimate of drug-likeness (QED) is 0.818. The Morgan fingerprint density at radius 3 is 3.00 bits per heavy atom. The van der Waals surface area contributed by atoms with Crippen LogP contribution < -0.4 is 0 Å². The normalized spacial score (nSPS) is 20.4. The van der Waals surface area contributed by atoms with E-state index >= 15 is 0 Å². The molecule has 0 N–H and O–H groups in total. The average molecular weight is 243 g/mol. The second kappa shape index (κ2) is 4.86. The Labute approximate surface area is 106 Å². The molecule has 1 aliphatic rings. The van der Waals surface area contributed by atoms with Crippen molar-refractivity contribution >= 4 is 0 Å².